The van der Waals surface area contributed by atoms with Crippen molar-refractivity contribution in [3.05, 3.63) is 0 Å². The van der Waals surface area contributed by atoms with Crippen molar-refractivity contribution in [2.45, 2.75) is 46.5 Å². The van der Waals surface area contributed by atoms with Crippen molar-refractivity contribution in [1.29, 1.82) is 0 Å². The van der Waals surface area contributed by atoms with Crippen LogP contribution in [0.4, 0.5) is 0 Å². The lowest BCUT2D eigenvalue weighted by Crippen LogP contribution is -2.13. The Balaban J connectivity index is 2.01. The van der Waals surface area contributed by atoms with Crippen molar-refractivity contribution in [2.24, 2.45) is 16.7 Å². The molecular weight excluding hydrogens is 120 g/mol. The molecule has 1 unspecified atom stereocenters. The van der Waals surface area contributed by atoms with Gasteiger partial charge in [-0.25, -0.2) is 0 Å². The Morgan fingerprint density at radius 3 is 2.30 bits per heavy atom. The molecule has 0 aromatic heterocycles. The van der Waals surface area contributed by atoms with Gasteiger partial charge in [0.2, 0.25) is 0 Å². The summed E-state index contributed by atoms with van der Waals surface area (Å²) in [6.45, 7) is 7.20. The molecule has 0 aliphatic heterocycles. The third kappa shape index (κ3) is 0.741. The van der Waals surface area contributed by atoms with Crippen LogP contribution in [0, 0.1) is 16.7 Å². The van der Waals surface area contributed by atoms with E-state index in [-0.39, 0.29) is 0 Å². The molecule has 0 heterocycles. The van der Waals surface area contributed by atoms with Gasteiger partial charge in [0.05, 0.1) is 0 Å². The fourth-order valence-electron chi connectivity index (χ4n) is 2.41. The molecule has 2 saturated carbocycles. The molecule has 0 nitrogen and oxygen atoms in total. The van der Waals surface area contributed by atoms with Crippen molar-refractivity contribution in [1.82, 2.24) is 0 Å². The average Bonchev–Trinajstić information content (AvgIpc) is 2.75. The molecule has 1 spiro atoms. The van der Waals surface area contributed by atoms with E-state index in [2.05, 4.69) is 20.8 Å². The minimum Gasteiger partial charge on any atom is -0.0649 e. The van der Waals surface area contributed by atoms with E-state index in [9.17, 15) is 0 Å². The normalized spacial score (nSPS) is 34.5. The van der Waals surface area contributed by atoms with Crippen LogP contribution in [-0.2, 0) is 0 Å². The molecule has 1 atom stereocenters. The van der Waals surface area contributed by atoms with Crippen LogP contribution >= 0.6 is 0 Å². The van der Waals surface area contributed by atoms with Gasteiger partial charge in [0.25, 0.3) is 0 Å². The number of hydrogen-bond donors (Lipinski definition) is 0. The van der Waals surface area contributed by atoms with Crippen LogP contribution in [0.5, 0.6) is 0 Å². The van der Waals surface area contributed by atoms with Crippen molar-refractivity contribution in [3.63, 3.8) is 0 Å². The monoisotopic (exact) mass is 138 g/mol. The summed E-state index contributed by atoms with van der Waals surface area (Å²) in [5, 5.41) is 0. The zero-order valence-electron chi connectivity index (χ0n) is 7.41. The first-order valence-corrected chi connectivity index (χ1v) is 4.61. The topological polar surface area (TPSA) is 0 Å². The summed E-state index contributed by atoms with van der Waals surface area (Å²) in [6.07, 6.45) is 6.00. The van der Waals surface area contributed by atoms with Crippen LogP contribution in [0.25, 0.3) is 0 Å². The SMILES string of the molecule is CCC(C)(C)C1CC12CC2. The van der Waals surface area contributed by atoms with E-state index in [1.54, 1.807) is 19.3 Å². The Kier molecular flexibility index (Phi) is 1.07. The summed E-state index contributed by atoms with van der Waals surface area (Å²) in [5.74, 6) is 1.09. The minimum absolute atomic E-state index is 0.649. The largest absolute Gasteiger partial charge is 0.0649 e. The highest BCUT2D eigenvalue weighted by Gasteiger charge is 2.66. The van der Waals surface area contributed by atoms with Crippen LogP contribution in [0.15, 0.2) is 0 Å². The smallest absolute Gasteiger partial charge is 0.0260 e. The maximum atomic E-state index is 2.44. The minimum atomic E-state index is 0.649. The van der Waals surface area contributed by atoms with Gasteiger partial charge in [0.15, 0.2) is 0 Å². The van der Waals surface area contributed by atoms with E-state index in [0.717, 1.165) is 11.3 Å². The summed E-state index contributed by atoms with van der Waals surface area (Å²) in [7, 11) is 0. The lowest BCUT2D eigenvalue weighted by molar-refractivity contribution is 0.276. The predicted octanol–water partition coefficient (Wildman–Crippen LogP) is 3.22. The van der Waals surface area contributed by atoms with Gasteiger partial charge < -0.3 is 0 Å². The molecule has 0 amide bonds. The molecule has 0 heteroatoms. The summed E-state index contributed by atoms with van der Waals surface area (Å²) in [5.41, 5.74) is 1.55. The molecule has 58 valence electrons. The molecule has 2 fully saturated rings. The first-order chi connectivity index (χ1) is 4.61. The second-order valence-corrected chi connectivity index (χ2v) is 4.96. The van der Waals surface area contributed by atoms with Crippen LogP contribution in [-0.4, -0.2) is 0 Å². The average molecular weight is 138 g/mol. The molecule has 0 aromatic carbocycles. The molecule has 0 bridgehead atoms. The number of hydrogen-bond acceptors (Lipinski definition) is 0. The molecule has 0 saturated heterocycles. The van der Waals surface area contributed by atoms with Crippen molar-refractivity contribution >= 4 is 0 Å². The second-order valence-electron chi connectivity index (χ2n) is 4.96. The highest BCUT2D eigenvalue weighted by molar-refractivity contribution is 5.16. The summed E-state index contributed by atoms with van der Waals surface area (Å²) in [6, 6.07) is 0. The van der Waals surface area contributed by atoms with Crippen LogP contribution in [0.2, 0.25) is 0 Å². The summed E-state index contributed by atoms with van der Waals surface area (Å²) >= 11 is 0. The van der Waals surface area contributed by atoms with Crippen molar-refractivity contribution < 1.29 is 0 Å². The molecule has 0 N–H and O–H groups in total. The standard InChI is InChI=1S/C10H18/c1-4-9(2,3)8-7-10(8)5-6-10/h8H,4-7H2,1-3H3. The summed E-state index contributed by atoms with van der Waals surface area (Å²) in [4.78, 5) is 0. The van der Waals surface area contributed by atoms with Gasteiger partial charge in [-0.05, 0) is 36.0 Å². The molecule has 2 rings (SSSR count). The number of rotatable bonds is 2. The van der Waals surface area contributed by atoms with E-state index < -0.39 is 0 Å². The maximum absolute atomic E-state index is 2.44. The van der Waals surface area contributed by atoms with Crippen molar-refractivity contribution in [2.75, 3.05) is 0 Å². The van der Waals surface area contributed by atoms with Gasteiger partial charge >= 0.3 is 0 Å². The maximum Gasteiger partial charge on any atom is -0.0260 e. The molecule has 2 aliphatic rings. The fourth-order valence-corrected chi connectivity index (χ4v) is 2.41. The Morgan fingerprint density at radius 2 is 2.00 bits per heavy atom. The summed E-state index contributed by atoms with van der Waals surface area (Å²) < 4.78 is 0. The zero-order chi connectivity index (χ0) is 7.41. The first-order valence-electron chi connectivity index (χ1n) is 4.61. The zero-order valence-corrected chi connectivity index (χ0v) is 7.41. The van der Waals surface area contributed by atoms with E-state index in [0.29, 0.717) is 5.41 Å². The quantitative estimate of drug-likeness (QED) is 0.549. The molecule has 0 radical (unpaired) electrons. The van der Waals surface area contributed by atoms with Crippen LogP contribution in [0.1, 0.15) is 46.5 Å². The van der Waals surface area contributed by atoms with E-state index in [1.165, 1.54) is 6.42 Å². The van der Waals surface area contributed by atoms with Gasteiger partial charge in [0, 0.05) is 0 Å². The lowest BCUT2D eigenvalue weighted by Gasteiger charge is -2.22. The van der Waals surface area contributed by atoms with Crippen LogP contribution in [0.3, 0.4) is 0 Å². The third-order valence-corrected chi connectivity index (χ3v) is 3.94. The second kappa shape index (κ2) is 1.60. The highest BCUT2D eigenvalue weighted by atomic mass is 14.7. The molecule has 2 aliphatic carbocycles. The van der Waals surface area contributed by atoms with Gasteiger partial charge in [-0.1, -0.05) is 27.2 Å². The predicted molar refractivity (Wildman–Crippen MR) is 43.8 cm³/mol. The van der Waals surface area contributed by atoms with E-state index >= 15 is 0 Å². The third-order valence-electron chi connectivity index (χ3n) is 3.94. The van der Waals surface area contributed by atoms with Crippen molar-refractivity contribution in [3.8, 4) is 0 Å². The Bertz CT molecular complexity index is 151. The molecular formula is C10H18. The Hall–Kier alpha value is 0. The van der Waals surface area contributed by atoms with Gasteiger partial charge in [0.1, 0.15) is 0 Å². The Labute approximate surface area is 64.0 Å². The highest BCUT2D eigenvalue weighted by Crippen LogP contribution is 2.75. The Morgan fingerprint density at radius 1 is 1.40 bits per heavy atom. The van der Waals surface area contributed by atoms with E-state index in [4.69, 9.17) is 0 Å². The fraction of sp³-hybridized carbons (Fsp3) is 1.00. The molecule has 0 aromatic rings. The van der Waals surface area contributed by atoms with E-state index in [1.807, 2.05) is 0 Å². The van der Waals surface area contributed by atoms with Crippen LogP contribution < -0.4 is 0 Å². The van der Waals surface area contributed by atoms with Gasteiger partial charge in [-0.3, -0.25) is 0 Å². The first kappa shape index (κ1) is 6.69. The lowest BCUT2D eigenvalue weighted by atomic mass is 9.83. The van der Waals surface area contributed by atoms with Gasteiger partial charge in [-0.2, -0.15) is 0 Å². The molecule has 10 heavy (non-hydrogen) atoms. The van der Waals surface area contributed by atoms with Gasteiger partial charge in [-0.15, -0.1) is 0 Å².